The first-order valence-corrected chi connectivity index (χ1v) is 4.23. The van der Waals surface area contributed by atoms with Crippen LogP contribution in [0.3, 0.4) is 0 Å². The van der Waals surface area contributed by atoms with Crippen LogP contribution in [0.15, 0.2) is 24.5 Å². The number of hydrogen-bond acceptors (Lipinski definition) is 3. The first kappa shape index (κ1) is 9.57. The minimum atomic E-state index is -0.749. The first-order valence-electron chi connectivity index (χ1n) is 4.23. The molecule has 2 rings (SSSR count). The van der Waals surface area contributed by atoms with E-state index in [9.17, 15) is 8.78 Å². The van der Waals surface area contributed by atoms with Crippen molar-refractivity contribution in [1.82, 2.24) is 14.8 Å². The lowest BCUT2D eigenvalue weighted by Crippen LogP contribution is -1.99. The van der Waals surface area contributed by atoms with Gasteiger partial charge < -0.3 is 5.32 Å². The molecule has 2 heterocycles. The second kappa shape index (κ2) is 3.64. The van der Waals surface area contributed by atoms with E-state index in [1.54, 1.807) is 24.0 Å². The van der Waals surface area contributed by atoms with Crippen molar-refractivity contribution in [3.8, 4) is 0 Å². The molecule has 0 aliphatic rings. The van der Waals surface area contributed by atoms with Gasteiger partial charge >= 0.3 is 0 Å². The highest BCUT2D eigenvalue weighted by molar-refractivity contribution is 5.51. The van der Waals surface area contributed by atoms with Gasteiger partial charge in [0, 0.05) is 25.4 Å². The molecule has 0 aromatic carbocycles. The molecule has 0 saturated heterocycles. The molecule has 0 fully saturated rings. The standard InChI is InChI=1S/C9H8F2N4/c1-15-3-2-8(14-15)13-9-7(11)4-6(10)5-12-9/h2-5H,1H3,(H,12,13,14). The summed E-state index contributed by atoms with van der Waals surface area (Å²) in [4.78, 5) is 3.57. The van der Waals surface area contributed by atoms with E-state index in [0.29, 0.717) is 5.82 Å². The number of anilines is 2. The van der Waals surface area contributed by atoms with E-state index in [-0.39, 0.29) is 5.82 Å². The van der Waals surface area contributed by atoms with Gasteiger partial charge in [0.25, 0.3) is 0 Å². The predicted octanol–water partition coefficient (Wildman–Crippen LogP) is 1.84. The molecule has 15 heavy (non-hydrogen) atoms. The van der Waals surface area contributed by atoms with Gasteiger partial charge in [-0.2, -0.15) is 5.10 Å². The number of pyridine rings is 1. The largest absolute Gasteiger partial charge is 0.321 e. The number of aromatic nitrogens is 3. The maximum atomic E-state index is 13.1. The maximum absolute atomic E-state index is 13.1. The van der Waals surface area contributed by atoms with Crippen molar-refractivity contribution in [2.24, 2.45) is 7.05 Å². The van der Waals surface area contributed by atoms with Crippen LogP contribution in [0.5, 0.6) is 0 Å². The average molecular weight is 210 g/mol. The zero-order chi connectivity index (χ0) is 10.8. The van der Waals surface area contributed by atoms with Crippen LogP contribution in [0.4, 0.5) is 20.4 Å². The molecule has 0 aliphatic carbocycles. The van der Waals surface area contributed by atoms with E-state index in [1.807, 2.05) is 0 Å². The topological polar surface area (TPSA) is 42.7 Å². The molecule has 0 amide bonds. The van der Waals surface area contributed by atoms with Crippen molar-refractivity contribution < 1.29 is 8.78 Å². The third-order valence-corrected chi connectivity index (χ3v) is 1.77. The molecular weight excluding hydrogens is 202 g/mol. The Hall–Kier alpha value is -1.98. The van der Waals surface area contributed by atoms with Crippen molar-refractivity contribution >= 4 is 11.6 Å². The molecular formula is C9H8F2N4. The number of nitrogens with one attached hydrogen (secondary N) is 1. The normalized spacial score (nSPS) is 10.3. The highest BCUT2D eigenvalue weighted by Gasteiger charge is 2.06. The van der Waals surface area contributed by atoms with Gasteiger partial charge in [-0.15, -0.1) is 0 Å². The van der Waals surface area contributed by atoms with E-state index < -0.39 is 11.6 Å². The molecule has 0 atom stereocenters. The second-order valence-corrected chi connectivity index (χ2v) is 2.98. The zero-order valence-electron chi connectivity index (χ0n) is 7.91. The smallest absolute Gasteiger partial charge is 0.168 e. The Morgan fingerprint density at radius 2 is 2.20 bits per heavy atom. The lowest BCUT2D eigenvalue weighted by molar-refractivity contribution is 0.576. The highest BCUT2D eigenvalue weighted by Crippen LogP contribution is 2.15. The summed E-state index contributed by atoms with van der Waals surface area (Å²) in [5.41, 5.74) is 0. The fraction of sp³-hybridized carbons (Fsp3) is 0.111. The van der Waals surface area contributed by atoms with Gasteiger partial charge in [0.05, 0.1) is 6.20 Å². The second-order valence-electron chi connectivity index (χ2n) is 2.98. The molecule has 6 heteroatoms. The van der Waals surface area contributed by atoms with E-state index in [2.05, 4.69) is 15.4 Å². The number of hydrogen-bond donors (Lipinski definition) is 1. The van der Waals surface area contributed by atoms with Gasteiger partial charge in [-0.25, -0.2) is 13.8 Å². The van der Waals surface area contributed by atoms with Crippen LogP contribution in [-0.2, 0) is 7.05 Å². The van der Waals surface area contributed by atoms with E-state index in [4.69, 9.17) is 0 Å². The summed E-state index contributed by atoms with van der Waals surface area (Å²) in [7, 11) is 1.74. The summed E-state index contributed by atoms with van der Waals surface area (Å²) in [6.07, 6.45) is 2.64. The molecule has 0 aliphatic heterocycles. The van der Waals surface area contributed by atoms with E-state index in [0.717, 1.165) is 12.3 Å². The Balaban J connectivity index is 2.24. The molecule has 2 aromatic heterocycles. The minimum absolute atomic E-state index is 0.0462. The van der Waals surface area contributed by atoms with Crippen LogP contribution in [0.1, 0.15) is 0 Å². The summed E-state index contributed by atoms with van der Waals surface area (Å²) in [6.45, 7) is 0. The first-order chi connectivity index (χ1) is 7.15. The van der Waals surface area contributed by atoms with Gasteiger partial charge in [-0.3, -0.25) is 4.68 Å². The van der Waals surface area contributed by atoms with E-state index >= 15 is 0 Å². The molecule has 0 spiro atoms. The summed E-state index contributed by atoms with van der Waals surface area (Å²) in [5.74, 6) is -1.05. The van der Waals surface area contributed by atoms with Crippen molar-refractivity contribution in [3.63, 3.8) is 0 Å². The monoisotopic (exact) mass is 210 g/mol. The Morgan fingerprint density at radius 3 is 2.80 bits per heavy atom. The zero-order valence-corrected chi connectivity index (χ0v) is 7.91. The minimum Gasteiger partial charge on any atom is -0.321 e. The van der Waals surface area contributed by atoms with Crippen LogP contribution in [0.25, 0.3) is 0 Å². The third kappa shape index (κ3) is 2.09. The summed E-state index contributed by atoms with van der Waals surface area (Å²) in [5, 5.41) is 6.61. The Bertz CT molecular complexity index is 481. The SMILES string of the molecule is Cn1ccc(Nc2ncc(F)cc2F)n1. The lowest BCUT2D eigenvalue weighted by atomic mass is 10.4. The fourth-order valence-electron chi connectivity index (χ4n) is 1.11. The van der Waals surface area contributed by atoms with Crippen LogP contribution >= 0.6 is 0 Å². The van der Waals surface area contributed by atoms with Gasteiger partial charge in [-0.1, -0.05) is 0 Å². The van der Waals surface area contributed by atoms with Crippen LogP contribution < -0.4 is 5.32 Å². The van der Waals surface area contributed by atoms with Gasteiger partial charge in [0.15, 0.2) is 17.5 Å². The fourth-order valence-corrected chi connectivity index (χ4v) is 1.11. The van der Waals surface area contributed by atoms with E-state index in [1.165, 1.54) is 0 Å². The molecule has 78 valence electrons. The summed E-state index contributed by atoms with van der Waals surface area (Å²) < 4.78 is 27.2. The summed E-state index contributed by atoms with van der Waals surface area (Å²) >= 11 is 0. The molecule has 0 saturated carbocycles. The number of aryl methyl sites for hydroxylation is 1. The average Bonchev–Trinajstić information content (AvgIpc) is 2.56. The molecule has 0 radical (unpaired) electrons. The van der Waals surface area contributed by atoms with Crippen molar-refractivity contribution in [1.29, 1.82) is 0 Å². The van der Waals surface area contributed by atoms with Gasteiger partial charge in [0.1, 0.15) is 5.82 Å². The number of rotatable bonds is 2. The molecule has 4 nitrogen and oxygen atoms in total. The molecule has 2 aromatic rings. The van der Waals surface area contributed by atoms with Crippen LogP contribution in [-0.4, -0.2) is 14.8 Å². The van der Waals surface area contributed by atoms with Crippen molar-refractivity contribution in [2.75, 3.05) is 5.32 Å². The summed E-state index contributed by atoms with van der Waals surface area (Å²) in [6, 6.07) is 2.42. The number of halogens is 2. The van der Waals surface area contributed by atoms with Crippen molar-refractivity contribution in [2.45, 2.75) is 0 Å². The Kier molecular flexibility index (Phi) is 2.32. The number of nitrogens with zero attached hydrogens (tertiary/aromatic N) is 3. The van der Waals surface area contributed by atoms with Crippen LogP contribution in [0.2, 0.25) is 0 Å². The lowest BCUT2D eigenvalue weighted by Gasteiger charge is -2.02. The Labute approximate surface area is 84.6 Å². The highest BCUT2D eigenvalue weighted by atomic mass is 19.1. The molecule has 0 bridgehead atoms. The van der Waals surface area contributed by atoms with Crippen molar-refractivity contribution in [3.05, 3.63) is 36.2 Å². The van der Waals surface area contributed by atoms with Crippen LogP contribution in [0, 0.1) is 11.6 Å². The molecule has 0 unspecified atom stereocenters. The Morgan fingerprint density at radius 1 is 1.40 bits per heavy atom. The third-order valence-electron chi connectivity index (χ3n) is 1.77. The molecule has 1 N–H and O–H groups in total. The van der Waals surface area contributed by atoms with Gasteiger partial charge in [-0.05, 0) is 0 Å². The predicted molar refractivity (Wildman–Crippen MR) is 50.6 cm³/mol. The quantitative estimate of drug-likeness (QED) is 0.822. The van der Waals surface area contributed by atoms with Gasteiger partial charge in [0.2, 0.25) is 0 Å². The maximum Gasteiger partial charge on any atom is 0.168 e.